The fourth-order valence-electron chi connectivity index (χ4n) is 1.23. The average molecular weight is 210 g/mol. The molecule has 1 aliphatic heterocycles. The van der Waals surface area contributed by atoms with Crippen LogP contribution >= 0.6 is 0 Å². The predicted octanol–water partition coefficient (Wildman–Crippen LogP) is 1.91. The van der Waals surface area contributed by atoms with E-state index in [1.54, 1.807) is 6.21 Å². The minimum atomic E-state index is -0.470. The standard InChI is InChI=1S/C11H18N2O2/c1-10(2,3)15-9(14)13-11(4)6-5-7-12-8-11/h5-7H,8H2,1-4H3,(H,13,14). The van der Waals surface area contributed by atoms with Crippen molar-refractivity contribution < 1.29 is 9.53 Å². The zero-order chi connectivity index (χ0) is 11.5. The van der Waals surface area contributed by atoms with E-state index >= 15 is 0 Å². The number of nitrogens with one attached hydrogen (secondary N) is 1. The maximum absolute atomic E-state index is 11.5. The summed E-state index contributed by atoms with van der Waals surface area (Å²) in [4.78, 5) is 15.6. The van der Waals surface area contributed by atoms with Gasteiger partial charge in [-0.1, -0.05) is 6.08 Å². The highest BCUT2D eigenvalue weighted by molar-refractivity contribution is 5.74. The SMILES string of the molecule is CC1(NC(=O)OC(C)(C)C)C=CC=NC1. The number of dihydropyridines is 1. The zero-order valence-electron chi connectivity index (χ0n) is 9.70. The molecule has 0 aromatic rings. The summed E-state index contributed by atoms with van der Waals surface area (Å²) in [6.07, 6.45) is 5.04. The van der Waals surface area contributed by atoms with Gasteiger partial charge in [0.2, 0.25) is 0 Å². The molecular formula is C11H18N2O2. The van der Waals surface area contributed by atoms with Crippen molar-refractivity contribution in [2.45, 2.75) is 38.8 Å². The van der Waals surface area contributed by atoms with E-state index in [0.717, 1.165) is 0 Å². The molecule has 1 rings (SSSR count). The van der Waals surface area contributed by atoms with E-state index < -0.39 is 17.2 Å². The van der Waals surface area contributed by atoms with Crippen LogP contribution < -0.4 is 5.32 Å². The highest BCUT2D eigenvalue weighted by atomic mass is 16.6. The van der Waals surface area contributed by atoms with Crippen LogP contribution in [-0.2, 0) is 4.74 Å². The monoisotopic (exact) mass is 210 g/mol. The highest BCUT2D eigenvalue weighted by Gasteiger charge is 2.26. The van der Waals surface area contributed by atoms with Crippen LogP contribution in [-0.4, -0.2) is 30.0 Å². The predicted molar refractivity (Wildman–Crippen MR) is 60.3 cm³/mol. The molecule has 0 saturated carbocycles. The Morgan fingerprint density at radius 3 is 2.67 bits per heavy atom. The van der Waals surface area contributed by atoms with Gasteiger partial charge in [-0.15, -0.1) is 0 Å². The van der Waals surface area contributed by atoms with Crippen LogP contribution in [0.5, 0.6) is 0 Å². The Bertz CT molecular complexity index is 302. The third kappa shape index (κ3) is 4.14. The fraction of sp³-hybridized carbons (Fsp3) is 0.636. The Hall–Kier alpha value is -1.32. The molecule has 84 valence electrons. The Labute approximate surface area is 90.4 Å². The zero-order valence-corrected chi connectivity index (χ0v) is 9.70. The number of carbonyl (C=O) groups excluding carboxylic acids is 1. The van der Waals surface area contributed by atoms with E-state index in [4.69, 9.17) is 4.74 Å². The number of rotatable bonds is 1. The maximum atomic E-state index is 11.5. The lowest BCUT2D eigenvalue weighted by molar-refractivity contribution is 0.0487. The molecule has 0 bridgehead atoms. The summed E-state index contributed by atoms with van der Waals surface area (Å²) >= 11 is 0. The first kappa shape index (κ1) is 11.8. The van der Waals surface area contributed by atoms with Gasteiger partial charge in [0, 0.05) is 6.21 Å². The topological polar surface area (TPSA) is 50.7 Å². The summed E-state index contributed by atoms with van der Waals surface area (Å²) in [5.74, 6) is 0. The van der Waals surface area contributed by atoms with Gasteiger partial charge >= 0.3 is 6.09 Å². The van der Waals surface area contributed by atoms with Crippen molar-refractivity contribution in [3.05, 3.63) is 12.2 Å². The number of nitrogens with zero attached hydrogens (tertiary/aromatic N) is 1. The second-order valence-electron chi connectivity index (χ2n) is 4.89. The van der Waals surface area contributed by atoms with Crippen LogP contribution in [0.2, 0.25) is 0 Å². The molecule has 0 spiro atoms. The van der Waals surface area contributed by atoms with Crippen molar-refractivity contribution in [1.82, 2.24) is 5.32 Å². The number of hydrogen-bond donors (Lipinski definition) is 1. The highest BCUT2D eigenvalue weighted by Crippen LogP contribution is 2.12. The Morgan fingerprint density at radius 2 is 2.20 bits per heavy atom. The van der Waals surface area contributed by atoms with Gasteiger partial charge in [0.25, 0.3) is 0 Å². The first-order chi connectivity index (χ1) is 6.81. The Morgan fingerprint density at radius 1 is 1.53 bits per heavy atom. The van der Waals surface area contributed by atoms with Crippen LogP contribution in [0.25, 0.3) is 0 Å². The average Bonchev–Trinajstić information content (AvgIpc) is 1.99. The summed E-state index contributed by atoms with van der Waals surface area (Å²) in [5.41, 5.74) is -0.904. The normalized spacial score (nSPS) is 25.1. The first-order valence-corrected chi connectivity index (χ1v) is 5.00. The molecule has 1 N–H and O–H groups in total. The lowest BCUT2D eigenvalue weighted by Crippen LogP contribution is -2.49. The molecule has 4 nitrogen and oxygen atoms in total. The Balaban J connectivity index is 2.51. The molecule has 0 saturated heterocycles. The first-order valence-electron chi connectivity index (χ1n) is 5.00. The van der Waals surface area contributed by atoms with E-state index in [0.29, 0.717) is 6.54 Å². The van der Waals surface area contributed by atoms with Crippen molar-refractivity contribution in [3.8, 4) is 0 Å². The van der Waals surface area contributed by atoms with Gasteiger partial charge in [0.15, 0.2) is 0 Å². The lowest BCUT2D eigenvalue weighted by Gasteiger charge is -2.29. The van der Waals surface area contributed by atoms with Crippen molar-refractivity contribution in [3.63, 3.8) is 0 Å². The molecule has 1 amide bonds. The second-order valence-corrected chi connectivity index (χ2v) is 4.89. The quantitative estimate of drug-likeness (QED) is 0.718. The lowest BCUT2D eigenvalue weighted by atomic mass is 10.0. The summed E-state index contributed by atoms with van der Waals surface area (Å²) in [7, 11) is 0. The van der Waals surface area contributed by atoms with Crippen LogP contribution in [0, 0.1) is 0 Å². The molecule has 1 unspecified atom stereocenters. The number of aliphatic imine (C=N–C) groups is 1. The van der Waals surface area contributed by atoms with E-state index in [1.165, 1.54) is 0 Å². The van der Waals surface area contributed by atoms with Crippen molar-refractivity contribution >= 4 is 12.3 Å². The van der Waals surface area contributed by atoms with E-state index in [2.05, 4.69) is 10.3 Å². The minimum absolute atomic E-state index is 0.410. The van der Waals surface area contributed by atoms with E-state index in [1.807, 2.05) is 39.8 Å². The number of ether oxygens (including phenoxy) is 1. The number of hydrogen-bond acceptors (Lipinski definition) is 3. The summed E-state index contributed by atoms with van der Waals surface area (Å²) < 4.78 is 5.17. The smallest absolute Gasteiger partial charge is 0.408 e. The van der Waals surface area contributed by atoms with Gasteiger partial charge in [-0.2, -0.15) is 0 Å². The number of alkyl carbamates (subject to hydrolysis) is 1. The molecule has 1 aliphatic rings. The maximum Gasteiger partial charge on any atom is 0.408 e. The largest absolute Gasteiger partial charge is 0.444 e. The molecule has 1 atom stereocenters. The molecule has 0 radical (unpaired) electrons. The summed E-state index contributed by atoms with van der Waals surface area (Å²) in [5, 5.41) is 2.79. The molecular weight excluding hydrogens is 192 g/mol. The van der Waals surface area contributed by atoms with Gasteiger partial charge in [0.05, 0.1) is 12.1 Å². The number of allylic oxidation sites excluding steroid dienone is 1. The van der Waals surface area contributed by atoms with Crippen molar-refractivity contribution in [2.75, 3.05) is 6.54 Å². The van der Waals surface area contributed by atoms with Gasteiger partial charge in [-0.05, 0) is 33.8 Å². The van der Waals surface area contributed by atoms with Crippen LogP contribution in [0.3, 0.4) is 0 Å². The van der Waals surface area contributed by atoms with Crippen molar-refractivity contribution in [1.29, 1.82) is 0 Å². The summed E-state index contributed by atoms with van der Waals surface area (Å²) in [6.45, 7) is 7.96. The second kappa shape index (κ2) is 4.04. The van der Waals surface area contributed by atoms with Gasteiger partial charge in [-0.3, -0.25) is 4.99 Å². The number of carbonyl (C=O) groups is 1. The third-order valence-electron chi connectivity index (χ3n) is 1.86. The molecule has 0 aromatic heterocycles. The number of amides is 1. The Kier molecular flexibility index (Phi) is 3.17. The molecule has 15 heavy (non-hydrogen) atoms. The summed E-state index contributed by atoms with van der Waals surface area (Å²) in [6, 6.07) is 0. The van der Waals surface area contributed by atoms with Gasteiger partial charge < -0.3 is 10.1 Å². The molecule has 0 aliphatic carbocycles. The van der Waals surface area contributed by atoms with Crippen LogP contribution in [0.4, 0.5) is 4.79 Å². The minimum Gasteiger partial charge on any atom is -0.444 e. The van der Waals surface area contributed by atoms with E-state index in [9.17, 15) is 4.79 Å². The third-order valence-corrected chi connectivity index (χ3v) is 1.86. The molecule has 4 heteroatoms. The van der Waals surface area contributed by atoms with Crippen molar-refractivity contribution in [2.24, 2.45) is 4.99 Å². The van der Waals surface area contributed by atoms with Gasteiger partial charge in [-0.25, -0.2) is 4.79 Å². The molecule has 1 heterocycles. The van der Waals surface area contributed by atoms with Crippen LogP contribution in [0.15, 0.2) is 17.1 Å². The fourth-order valence-corrected chi connectivity index (χ4v) is 1.23. The van der Waals surface area contributed by atoms with Crippen LogP contribution in [0.1, 0.15) is 27.7 Å². The van der Waals surface area contributed by atoms with Gasteiger partial charge in [0.1, 0.15) is 5.60 Å². The molecule has 0 aromatic carbocycles. The molecule has 0 fully saturated rings. The van der Waals surface area contributed by atoms with E-state index in [-0.39, 0.29) is 0 Å².